The third-order valence-electron chi connectivity index (χ3n) is 4.51. The first-order valence-electron chi connectivity index (χ1n) is 7.42. The van der Waals surface area contributed by atoms with E-state index < -0.39 is 0 Å². The second kappa shape index (κ2) is 6.53. The molecule has 2 N–H and O–H groups in total. The molecule has 4 heteroatoms. The molecular formula is C14H27N3O. The van der Waals surface area contributed by atoms with E-state index in [1.54, 1.807) is 0 Å². The summed E-state index contributed by atoms with van der Waals surface area (Å²) in [4.78, 5) is 14.5. The van der Waals surface area contributed by atoms with Crippen molar-refractivity contribution in [2.45, 2.75) is 63.6 Å². The van der Waals surface area contributed by atoms with Gasteiger partial charge in [-0.3, -0.25) is 9.69 Å². The molecule has 1 aliphatic carbocycles. The quantitative estimate of drug-likeness (QED) is 0.789. The maximum atomic E-state index is 12.2. The van der Waals surface area contributed by atoms with Crippen LogP contribution in [0.3, 0.4) is 0 Å². The Kier molecular flexibility index (Phi) is 5.01. The number of likely N-dealkylation sites (tertiary alicyclic amines) is 1. The fraction of sp³-hybridized carbons (Fsp3) is 0.929. The van der Waals surface area contributed by atoms with Gasteiger partial charge in [-0.15, -0.1) is 0 Å². The van der Waals surface area contributed by atoms with Crippen molar-refractivity contribution in [3.63, 3.8) is 0 Å². The van der Waals surface area contributed by atoms with Crippen LogP contribution >= 0.6 is 0 Å². The second-order valence-electron chi connectivity index (χ2n) is 5.79. The molecule has 2 aliphatic rings. The summed E-state index contributed by atoms with van der Waals surface area (Å²) >= 11 is 0. The van der Waals surface area contributed by atoms with Crippen LogP contribution in [0.5, 0.6) is 0 Å². The highest BCUT2D eigenvalue weighted by Crippen LogP contribution is 2.18. The van der Waals surface area contributed by atoms with Gasteiger partial charge in [0, 0.05) is 25.2 Å². The van der Waals surface area contributed by atoms with Crippen molar-refractivity contribution >= 4 is 5.91 Å². The Morgan fingerprint density at radius 1 is 1.17 bits per heavy atom. The molecule has 2 rings (SSSR count). The van der Waals surface area contributed by atoms with Gasteiger partial charge in [-0.1, -0.05) is 19.3 Å². The number of likely N-dealkylation sites (N-methyl/N-ethyl adjacent to an activating group) is 1. The van der Waals surface area contributed by atoms with Gasteiger partial charge in [0.05, 0.1) is 6.04 Å². The fourth-order valence-electron chi connectivity index (χ4n) is 3.11. The van der Waals surface area contributed by atoms with Crippen LogP contribution in [0.1, 0.15) is 45.4 Å². The zero-order valence-electron chi connectivity index (χ0n) is 11.7. The van der Waals surface area contributed by atoms with E-state index in [0.29, 0.717) is 12.1 Å². The molecule has 4 nitrogen and oxygen atoms in total. The number of carbonyl (C=O) groups excluding carboxylic acids is 1. The molecule has 0 spiro atoms. The molecule has 1 heterocycles. The average molecular weight is 253 g/mol. The second-order valence-corrected chi connectivity index (χ2v) is 5.79. The molecule has 1 amide bonds. The van der Waals surface area contributed by atoms with Crippen LogP contribution in [0.2, 0.25) is 0 Å². The summed E-state index contributed by atoms with van der Waals surface area (Å²) in [5.74, 6) is 0.221. The lowest BCUT2D eigenvalue weighted by Gasteiger charge is -2.28. The summed E-state index contributed by atoms with van der Waals surface area (Å²) in [5, 5.41) is 6.52. The third kappa shape index (κ3) is 3.45. The van der Waals surface area contributed by atoms with Gasteiger partial charge >= 0.3 is 0 Å². The van der Waals surface area contributed by atoms with Crippen LogP contribution < -0.4 is 10.6 Å². The number of nitrogens with one attached hydrogen (secondary N) is 2. The van der Waals surface area contributed by atoms with Gasteiger partial charge in [-0.2, -0.15) is 0 Å². The van der Waals surface area contributed by atoms with Crippen LogP contribution in [0.15, 0.2) is 0 Å². The van der Waals surface area contributed by atoms with E-state index in [1.165, 1.54) is 19.3 Å². The van der Waals surface area contributed by atoms with E-state index in [1.807, 2.05) is 14.0 Å². The van der Waals surface area contributed by atoms with Gasteiger partial charge in [0.2, 0.25) is 5.91 Å². The molecule has 0 radical (unpaired) electrons. The number of rotatable bonds is 4. The van der Waals surface area contributed by atoms with Gasteiger partial charge in [-0.05, 0) is 33.2 Å². The highest BCUT2D eigenvalue weighted by molar-refractivity contribution is 5.81. The Balaban J connectivity index is 1.77. The first-order chi connectivity index (χ1) is 8.70. The van der Waals surface area contributed by atoms with E-state index in [4.69, 9.17) is 0 Å². The molecule has 1 saturated carbocycles. The maximum absolute atomic E-state index is 12.2. The lowest BCUT2D eigenvalue weighted by atomic mass is 9.95. The molecule has 104 valence electrons. The SMILES string of the molecule is CNC1CCN(C(C)C(=O)NC2CCCCC2)C1. The van der Waals surface area contributed by atoms with Crippen molar-refractivity contribution in [3.05, 3.63) is 0 Å². The van der Waals surface area contributed by atoms with E-state index >= 15 is 0 Å². The minimum absolute atomic E-state index is 0.0188. The fourth-order valence-corrected chi connectivity index (χ4v) is 3.11. The molecular weight excluding hydrogens is 226 g/mol. The van der Waals surface area contributed by atoms with Crippen molar-refractivity contribution < 1.29 is 4.79 Å². The average Bonchev–Trinajstić information content (AvgIpc) is 2.87. The summed E-state index contributed by atoms with van der Waals surface area (Å²) in [6, 6.07) is 0.997. The zero-order chi connectivity index (χ0) is 13.0. The Labute approximate surface area is 110 Å². The maximum Gasteiger partial charge on any atom is 0.237 e. The van der Waals surface area contributed by atoms with Crippen LogP contribution in [-0.4, -0.2) is 49.1 Å². The lowest BCUT2D eigenvalue weighted by molar-refractivity contribution is -0.126. The Morgan fingerprint density at radius 3 is 2.50 bits per heavy atom. The summed E-state index contributed by atoms with van der Waals surface area (Å²) in [6.45, 7) is 4.07. The predicted octanol–water partition coefficient (Wildman–Crippen LogP) is 1.12. The van der Waals surface area contributed by atoms with Gasteiger partial charge in [0.25, 0.3) is 0 Å². The molecule has 0 bridgehead atoms. The van der Waals surface area contributed by atoms with Gasteiger partial charge < -0.3 is 10.6 Å². The molecule has 2 unspecified atom stereocenters. The Hall–Kier alpha value is -0.610. The summed E-state index contributed by atoms with van der Waals surface area (Å²) in [6.07, 6.45) is 7.35. The van der Waals surface area contributed by atoms with Crippen molar-refractivity contribution in [3.8, 4) is 0 Å². The van der Waals surface area contributed by atoms with E-state index in [9.17, 15) is 4.79 Å². The largest absolute Gasteiger partial charge is 0.352 e. The number of amides is 1. The Bertz CT molecular complexity index is 276. The van der Waals surface area contributed by atoms with Crippen LogP contribution in [0, 0.1) is 0 Å². The van der Waals surface area contributed by atoms with E-state index in [0.717, 1.165) is 32.4 Å². The third-order valence-corrected chi connectivity index (χ3v) is 4.51. The molecule has 1 aliphatic heterocycles. The normalized spacial score (nSPS) is 28.2. The van der Waals surface area contributed by atoms with E-state index in [2.05, 4.69) is 15.5 Å². The predicted molar refractivity (Wildman–Crippen MR) is 73.5 cm³/mol. The summed E-state index contributed by atoms with van der Waals surface area (Å²) in [7, 11) is 2.00. The van der Waals surface area contributed by atoms with Gasteiger partial charge in [0.15, 0.2) is 0 Å². The van der Waals surface area contributed by atoms with Gasteiger partial charge in [0.1, 0.15) is 0 Å². The lowest BCUT2D eigenvalue weighted by Crippen LogP contribution is -2.48. The topological polar surface area (TPSA) is 44.4 Å². The van der Waals surface area contributed by atoms with Gasteiger partial charge in [-0.25, -0.2) is 0 Å². The highest BCUT2D eigenvalue weighted by atomic mass is 16.2. The van der Waals surface area contributed by atoms with Crippen LogP contribution in [-0.2, 0) is 4.79 Å². The smallest absolute Gasteiger partial charge is 0.237 e. The minimum atomic E-state index is 0.0188. The zero-order valence-corrected chi connectivity index (χ0v) is 11.7. The number of hydrogen-bond acceptors (Lipinski definition) is 3. The molecule has 0 aromatic carbocycles. The number of nitrogens with zero attached hydrogens (tertiary/aromatic N) is 1. The molecule has 2 atom stereocenters. The molecule has 0 aromatic rings. The van der Waals surface area contributed by atoms with Crippen LogP contribution in [0.4, 0.5) is 0 Å². The monoisotopic (exact) mass is 253 g/mol. The molecule has 1 saturated heterocycles. The standard InChI is InChI=1S/C14H27N3O/c1-11(17-9-8-13(10-17)15-2)14(18)16-12-6-4-3-5-7-12/h11-13,15H,3-10H2,1-2H3,(H,16,18). The molecule has 0 aromatic heterocycles. The van der Waals surface area contributed by atoms with E-state index in [-0.39, 0.29) is 11.9 Å². The van der Waals surface area contributed by atoms with Crippen molar-refractivity contribution in [2.75, 3.05) is 20.1 Å². The van der Waals surface area contributed by atoms with Crippen LogP contribution in [0.25, 0.3) is 0 Å². The summed E-state index contributed by atoms with van der Waals surface area (Å²) in [5.41, 5.74) is 0. The first kappa shape index (κ1) is 13.8. The minimum Gasteiger partial charge on any atom is -0.352 e. The first-order valence-corrected chi connectivity index (χ1v) is 7.42. The van der Waals surface area contributed by atoms with Crippen molar-refractivity contribution in [1.82, 2.24) is 15.5 Å². The number of carbonyl (C=O) groups is 1. The van der Waals surface area contributed by atoms with Crippen molar-refractivity contribution in [2.24, 2.45) is 0 Å². The van der Waals surface area contributed by atoms with Crippen molar-refractivity contribution in [1.29, 1.82) is 0 Å². The Morgan fingerprint density at radius 2 is 1.89 bits per heavy atom. The molecule has 18 heavy (non-hydrogen) atoms. The number of hydrogen-bond donors (Lipinski definition) is 2. The summed E-state index contributed by atoms with van der Waals surface area (Å²) < 4.78 is 0. The highest BCUT2D eigenvalue weighted by Gasteiger charge is 2.29. The molecule has 2 fully saturated rings.